The van der Waals surface area contributed by atoms with E-state index in [1.165, 1.54) is 24.2 Å². The molecule has 1 heterocycles. The number of hydrogen-bond acceptors (Lipinski definition) is 3. The molecule has 0 unspecified atom stereocenters. The van der Waals surface area contributed by atoms with E-state index in [1.807, 2.05) is 0 Å². The molecule has 4 heteroatoms. The minimum atomic E-state index is -0.0966. The van der Waals surface area contributed by atoms with Crippen LogP contribution in [0.4, 0.5) is 0 Å². The van der Waals surface area contributed by atoms with Crippen molar-refractivity contribution in [1.29, 1.82) is 0 Å². The Balaban J connectivity index is 2.15. The molecule has 4 nitrogen and oxygen atoms in total. The summed E-state index contributed by atoms with van der Waals surface area (Å²) in [5.74, 6) is 0.547. The SMILES string of the molecule is CON(C(=O)c1ccoc1C)C1CCCC1. The van der Waals surface area contributed by atoms with Gasteiger partial charge in [0.05, 0.1) is 25.0 Å². The maximum Gasteiger partial charge on any atom is 0.281 e. The summed E-state index contributed by atoms with van der Waals surface area (Å²) in [4.78, 5) is 17.4. The zero-order valence-electron chi connectivity index (χ0n) is 9.73. The third-order valence-electron chi connectivity index (χ3n) is 3.14. The smallest absolute Gasteiger partial charge is 0.281 e. The highest BCUT2D eigenvalue weighted by Gasteiger charge is 2.29. The van der Waals surface area contributed by atoms with Crippen LogP contribution in [-0.2, 0) is 4.84 Å². The first kappa shape index (κ1) is 11.2. The Bertz CT molecular complexity index is 366. The van der Waals surface area contributed by atoms with Gasteiger partial charge in [0.2, 0.25) is 0 Å². The van der Waals surface area contributed by atoms with Gasteiger partial charge in [-0.25, -0.2) is 5.06 Å². The molecule has 2 rings (SSSR count). The van der Waals surface area contributed by atoms with E-state index in [2.05, 4.69) is 0 Å². The fourth-order valence-corrected chi connectivity index (χ4v) is 2.26. The van der Waals surface area contributed by atoms with Crippen LogP contribution in [0.15, 0.2) is 16.7 Å². The summed E-state index contributed by atoms with van der Waals surface area (Å²) in [6.07, 6.45) is 5.92. The van der Waals surface area contributed by atoms with Crippen molar-refractivity contribution in [2.24, 2.45) is 0 Å². The Labute approximate surface area is 95.1 Å². The molecule has 0 spiro atoms. The molecule has 1 aliphatic rings. The normalized spacial score (nSPS) is 16.6. The van der Waals surface area contributed by atoms with Crippen LogP contribution < -0.4 is 0 Å². The van der Waals surface area contributed by atoms with Crippen molar-refractivity contribution in [2.45, 2.75) is 38.6 Å². The molecule has 0 atom stereocenters. The Kier molecular flexibility index (Phi) is 3.29. The van der Waals surface area contributed by atoms with Crippen molar-refractivity contribution in [3.63, 3.8) is 0 Å². The molecule has 0 radical (unpaired) electrons. The molecule has 1 fully saturated rings. The molecule has 1 amide bonds. The lowest BCUT2D eigenvalue weighted by atomic mass is 10.2. The second-order valence-electron chi connectivity index (χ2n) is 4.14. The molecule has 88 valence electrons. The van der Waals surface area contributed by atoms with Crippen molar-refractivity contribution in [3.05, 3.63) is 23.7 Å². The van der Waals surface area contributed by atoms with Gasteiger partial charge >= 0.3 is 0 Å². The lowest BCUT2D eigenvalue weighted by Gasteiger charge is -2.25. The monoisotopic (exact) mass is 223 g/mol. The van der Waals surface area contributed by atoms with E-state index in [-0.39, 0.29) is 11.9 Å². The van der Waals surface area contributed by atoms with E-state index in [0.717, 1.165) is 12.8 Å². The van der Waals surface area contributed by atoms with E-state index >= 15 is 0 Å². The molecule has 0 bridgehead atoms. The largest absolute Gasteiger partial charge is 0.469 e. The standard InChI is InChI=1S/C12H17NO3/c1-9-11(7-8-16-9)12(14)13(15-2)10-5-3-4-6-10/h7-8,10H,3-6H2,1-2H3. The average molecular weight is 223 g/mol. The zero-order chi connectivity index (χ0) is 11.5. The minimum absolute atomic E-state index is 0.0966. The number of hydrogen-bond donors (Lipinski definition) is 0. The summed E-state index contributed by atoms with van der Waals surface area (Å²) in [6.45, 7) is 1.79. The van der Waals surface area contributed by atoms with E-state index in [9.17, 15) is 4.79 Å². The van der Waals surface area contributed by atoms with E-state index in [1.54, 1.807) is 20.1 Å². The van der Waals surface area contributed by atoms with Gasteiger partial charge in [-0.3, -0.25) is 9.63 Å². The van der Waals surface area contributed by atoms with Crippen LogP contribution in [0, 0.1) is 6.92 Å². The predicted octanol–water partition coefficient (Wildman–Crippen LogP) is 2.53. The lowest BCUT2D eigenvalue weighted by Crippen LogP contribution is -2.37. The van der Waals surface area contributed by atoms with E-state index in [0.29, 0.717) is 11.3 Å². The van der Waals surface area contributed by atoms with Crippen molar-refractivity contribution in [3.8, 4) is 0 Å². The van der Waals surface area contributed by atoms with Gasteiger partial charge in [-0.15, -0.1) is 0 Å². The molecular weight excluding hydrogens is 206 g/mol. The molecule has 1 aromatic heterocycles. The topological polar surface area (TPSA) is 42.7 Å². The van der Waals surface area contributed by atoms with Gasteiger partial charge in [0.25, 0.3) is 5.91 Å². The molecule has 0 saturated heterocycles. The van der Waals surface area contributed by atoms with Crippen LogP contribution >= 0.6 is 0 Å². The highest BCUT2D eigenvalue weighted by atomic mass is 16.7. The number of amides is 1. The van der Waals surface area contributed by atoms with Crippen LogP contribution in [0.25, 0.3) is 0 Å². The predicted molar refractivity (Wildman–Crippen MR) is 58.9 cm³/mol. The van der Waals surface area contributed by atoms with E-state index in [4.69, 9.17) is 9.25 Å². The summed E-state index contributed by atoms with van der Waals surface area (Å²) in [7, 11) is 1.55. The lowest BCUT2D eigenvalue weighted by molar-refractivity contribution is -0.121. The summed E-state index contributed by atoms with van der Waals surface area (Å²) < 4.78 is 5.14. The number of rotatable bonds is 3. The average Bonchev–Trinajstić information content (AvgIpc) is 2.90. The summed E-state index contributed by atoms with van der Waals surface area (Å²) in [6, 6.07) is 1.91. The first-order valence-corrected chi connectivity index (χ1v) is 5.66. The molecule has 1 saturated carbocycles. The summed E-state index contributed by atoms with van der Waals surface area (Å²) in [5.41, 5.74) is 0.591. The fourth-order valence-electron chi connectivity index (χ4n) is 2.26. The first-order chi connectivity index (χ1) is 7.74. The molecule has 0 aromatic carbocycles. The third-order valence-corrected chi connectivity index (χ3v) is 3.14. The number of carbonyl (C=O) groups excluding carboxylic acids is 1. The van der Waals surface area contributed by atoms with Crippen LogP contribution in [0.2, 0.25) is 0 Å². The van der Waals surface area contributed by atoms with Crippen molar-refractivity contribution < 1.29 is 14.0 Å². The van der Waals surface area contributed by atoms with Gasteiger partial charge in [0.15, 0.2) is 0 Å². The maximum absolute atomic E-state index is 12.2. The van der Waals surface area contributed by atoms with E-state index < -0.39 is 0 Å². The Hall–Kier alpha value is -1.29. The highest BCUT2D eigenvalue weighted by molar-refractivity contribution is 5.94. The van der Waals surface area contributed by atoms with Gasteiger partial charge < -0.3 is 4.42 Å². The number of furan rings is 1. The second kappa shape index (κ2) is 4.70. The number of aryl methyl sites for hydroxylation is 1. The fraction of sp³-hybridized carbons (Fsp3) is 0.583. The molecule has 0 N–H and O–H groups in total. The summed E-state index contributed by atoms with van der Waals surface area (Å²) in [5, 5.41) is 1.49. The molecule has 1 aliphatic carbocycles. The highest BCUT2D eigenvalue weighted by Crippen LogP contribution is 2.25. The number of carbonyl (C=O) groups is 1. The molecule has 0 aliphatic heterocycles. The first-order valence-electron chi connectivity index (χ1n) is 5.66. The minimum Gasteiger partial charge on any atom is -0.469 e. The number of nitrogens with zero attached hydrogens (tertiary/aromatic N) is 1. The van der Waals surface area contributed by atoms with Crippen molar-refractivity contribution in [1.82, 2.24) is 5.06 Å². The second-order valence-corrected chi connectivity index (χ2v) is 4.14. The van der Waals surface area contributed by atoms with Gasteiger partial charge in [-0.05, 0) is 25.8 Å². The molecular formula is C12H17NO3. The van der Waals surface area contributed by atoms with Crippen LogP contribution in [0.1, 0.15) is 41.8 Å². The van der Waals surface area contributed by atoms with Crippen molar-refractivity contribution in [2.75, 3.05) is 7.11 Å². The van der Waals surface area contributed by atoms with Crippen LogP contribution in [0.5, 0.6) is 0 Å². The molecule has 1 aromatic rings. The summed E-state index contributed by atoms with van der Waals surface area (Å²) >= 11 is 0. The van der Waals surface area contributed by atoms with Gasteiger partial charge in [0, 0.05) is 0 Å². The van der Waals surface area contributed by atoms with Gasteiger partial charge in [-0.1, -0.05) is 12.8 Å². The molecule has 16 heavy (non-hydrogen) atoms. The van der Waals surface area contributed by atoms with Crippen molar-refractivity contribution >= 4 is 5.91 Å². The van der Waals surface area contributed by atoms with Crippen LogP contribution in [-0.4, -0.2) is 24.1 Å². The Morgan fingerprint density at radius 2 is 2.19 bits per heavy atom. The maximum atomic E-state index is 12.2. The van der Waals surface area contributed by atoms with Gasteiger partial charge in [0.1, 0.15) is 5.76 Å². The van der Waals surface area contributed by atoms with Crippen LogP contribution in [0.3, 0.4) is 0 Å². The Morgan fingerprint density at radius 1 is 1.50 bits per heavy atom. The quantitative estimate of drug-likeness (QED) is 0.739. The Morgan fingerprint density at radius 3 is 2.69 bits per heavy atom. The van der Waals surface area contributed by atoms with Gasteiger partial charge in [-0.2, -0.15) is 0 Å². The number of hydroxylamine groups is 2. The zero-order valence-corrected chi connectivity index (χ0v) is 9.73. The third kappa shape index (κ3) is 1.97.